The van der Waals surface area contributed by atoms with Crippen molar-refractivity contribution in [3.63, 3.8) is 0 Å². The van der Waals surface area contributed by atoms with Gasteiger partial charge in [0, 0.05) is 12.1 Å². The van der Waals surface area contributed by atoms with Gasteiger partial charge < -0.3 is 4.90 Å². The summed E-state index contributed by atoms with van der Waals surface area (Å²) in [7, 11) is -3.18. The minimum Gasteiger partial charge on any atom is -0.334 e. The monoisotopic (exact) mass is 419 g/mol. The number of hydrogen-bond acceptors (Lipinski definition) is 6. The highest BCUT2D eigenvalue weighted by Crippen LogP contribution is 2.32. The zero-order chi connectivity index (χ0) is 20.8. The summed E-state index contributed by atoms with van der Waals surface area (Å²) in [4.78, 5) is 53.1. The van der Waals surface area contributed by atoms with E-state index in [1.807, 2.05) is 0 Å². The topological polar surface area (TPSA) is 112 Å². The number of carbonyl (C=O) groups excluding carboxylic acids is 4. The summed E-state index contributed by atoms with van der Waals surface area (Å²) in [5, 5.41) is 0. The standard InChI is InChI=1S/C19H21N3O6S/c23-16(22(14-6-7-14)15-8-9-29(27,28)12-15)11-21-18(25)17(24)20(19(21)26)10-13-4-2-1-3-5-13/h1-5,14-15H,6-12H2. The Balaban J connectivity index is 1.48. The molecule has 0 aromatic heterocycles. The van der Waals surface area contributed by atoms with Crippen LogP contribution in [0.5, 0.6) is 0 Å². The molecule has 10 heteroatoms. The van der Waals surface area contributed by atoms with Crippen LogP contribution in [0.2, 0.25) is 0 Å². The molecule has 0 bridgehead atoms. The lowest BCUT2D eigenvalue weighted by Gasteiger charge is -2.29. The van der Waals surface area contributed by atoms with E-state index < -0.39 is 46.2 Å². The average molecular weight is 419 g/mol. The summed E-state index contributed by atoms with van der Waals surface area (Å²) in [5.41, 5.74) is 0.686. The first-order valence-electron chi connectivity index (χ1n) is 9.49. The largest absolute Gasteiger partial charge is 0.335 e. The maximum Gasteiger partial charge on any atom is 0.335 e. The van der Waals surface area contributed by atoms with Gasteiger partial charge in [0.25, 0.3) is 0 Å². The molecule has 0 N–H and O–H groups in total. The molecule has 5 amide bonds. The molecule has 4 rings (SSSR count). The SMILES string of the molecule is O=C1C(=O)N(Cc2ccccc2)C(=O)N1CC(=O)N(C1CC1)C1CCS(=O)(=O)C1. The molecule has 1 aromatic carbocycles. The third-order valence-electron chi connectivity index (χ3n) is 5.44. The quantitative estimate of drug-likeness (QED) is 0.479. The van der Waals surface area contributed by atoms with Crippen molar-refractivity contribution in [3.8, 4) is 0 Å². The smallest absolute Gasteiger partial charge is 0.334 e. The second-order valence-corrected chi connectivity index (χ2v) is 9.87. The minimum absolute atomic E-state index is 0.0269. The van der Waals surface area contributed by atoms with Crippen molar-refractivity contribution < 1.29 is 27.6 Å². The van der Waals surface area contributed by atoms with Gasteiger partial charge in [-0.05, 0) is 24.8 Å². The van der Waals surface area contributed by atoms with Gasteiger partial charge in [-0.2, -0.15) is 0 Å². The number of sulfone groups is 1. The van der Waals surface area contributed by atoms with E-state index in [4.69, 9.17) is 0 Å². The Labute approximate surface area is 168 Å². The van der Waals surface area contributed by atoms with E-state index in [1.54, 1.807) is 30.3 Å². The first-order chi connectivity index (χ1) is 13.8. The van der Waals surface area contributed by atoms with Crippen molar-refractivity contribution in [1.82, 2.24) is 14.7 Å². The highest BCUT2D eigenvalue weighted by atomic mass is 32.2. The fourth-order valence-electron chi connectivity index (χ4n) is 3.87. The Morgan fingerprint density at radius 3 is 2.21 bits per heavy atom. The molecule has 2 heterocycles. The zero-order valence-electron chi connectivity index (χ0n) is 15.7. The van der Waals surface area contributed by atoms with Crippen molar-refractivity contribution in [2.24, 2.45) is 0 Å². The Hall–Kier alpha value is -2.75. The van der Waals surface area contributed by atoms with Crippen LogP contribution in [0.15, 0.2) is 30.3 Å². The lowest BCUT2D eigenvalue weighted by Crippen LogP contribution is -2.49. The number of amides is 5. The summed E-state index contributed by atoms with van der Waals surface area (Å²) < 4.78 is 23.6. The molecule has 1 aromatic rings. The van der Waals surface area contributed by atoms with E-state index in [9.17, 15) is 27.6 Å². The molecular weight excluding hydrogens is 398 g/mol. The summed E-state index contributed by atoms with van der Waals surface area (Å²) in [5.74, 6) is -2.57. The van der Waals surface area contributed by atoms with E-state index in [-0.39, 0.29) is 24.1 Å². The fourth-order valence-corrected chi connectivity index (χ4v) is 5.58. The molecular formula is C19H21N3O6S. The van der Waals surface area contributed by atoms with Crippen LogP contribution >= 0.6 is 0 Å². The predicted molar refractivity (Wildman–Crippen MR) is 101 cm³/mol. The molecule has 1 unspecified atom stereocenters. The van der Waals surface area contributed by atoms with Gasteiger partial charge in [-0.3, -0.25) is 19.3 Å². The number of urea groups is 1. The summed E-state index contributed by atoms with van der Waals surface area (Å²) in [6, 6.07) is 7.44. The lowest BCUT2D eigenvalue weighted by atomic mass is 10.2. The van der Waals surface area contributed by atoms with E-state index >= 15 is 0 Å². The van der Waals surface area contributed by atoms with Crippen molar-refractivity contribution in [3.05, 3.63) is 35.9 Å². The number of benzene rings is 1. The highest BCUT2D eigenvalue weighted by Gasteiger charge is 2.48. The Morgan fingerprint density at radius 2 is 1.62 bits per heavy atom. The summed E-state index contributed by atoms with van der Waals surface area (Å²) in [6.07, 6.45) is 1.89. The van der Waals surface area contributed by atoms with Gasteiger partial charge in [0.15, 0.2) is 9.84 Å². The average Bonchev–Trinajstić information content (AvgIpc) is 3.42. The molecule has 2 saturated heterocycles. The normalized spacial score (nSPS) is 23.7. The number of rotatable bonds is 6. The molecule has 9 nitrogen and oxygen atoms in total. The second kappa shape index (κ2) is 7.25. The summed E-state index contributed by atoms with van der Waals surface area (Å²) in [6.45, 7) is -0.607. The fraction of sp³-hybridized carbons (Fsp3) is 0.474. The molecule has 1 saturated carbocycles. The zero-order valence-corrected chi connectivity index (χ0v) is 16.5. The first kappa shape index (κ1) is 19.6. The van der Waals surface area contributed by atoms with E-state index in [0.29, 0.717) is 16.9 Å². The number of carbonyl (C=O) groups is 4. The predicted octanol–water partition coefficient (Wildman–Crippen LogP) is 0.156. The van der Waals surface area contributed by atoms with Gasteiger partial charge in [-0.25, -0.2) is 18.1 Å². The molecule has 29 heavy (non-hydrogen) atoms. The molecule has 1 aliphatic carbocycles. The third kappa shape index (κ3) is 3.89. The maximum absolute atomic E-state index is 12.9. The molecule has 0 radical (unpaired) electrons. The minimum atomic E-state index is -3.18. The van der Waals surface area contributed by atoms with Crippen molar-refractivity contribution in [2.75, 3.05) is 18.1 Å². The number of hydrogen-bond donors (Lipinski definition) is 0. The molecule has 2 aliphatic heterocycles. The van der Waals surface area contributed by atoms with Gasteiger partial charge in [0.05, 0.1) is 18.1 Å². The number of imide groups is 2. The van der Waals surface area contributed by atoms with Gasteiger partial charge in [-0.1, -0.05) is 30.3 Å². The Morgan fingerprint density at radius 1 is 0.966 bits per heavy atom. The van der Waals surface area contributed by atoms with E-state index in [1.165, 1.54) is 4.90 Å². The molecule has 1 atom stereocenters. The molecule has 0 spiro atoms. The van der Waals surface area contributed by atoms with Crippen LogP contribution in [0, 0.1) is 0 Å². The van der Waals surface area contributed by atoms with Crippen molar-refractivity contribution in [2.45, 2.75) is 37.9 Å². The van der Waals surface area contributed by atoms with Crippen LogP contribution in [0.3, 0.4) is 0 Å². The first-order valence-corrected chi connectivity index (χ1v) is 11.3. The number of nitrogens with zero attached hydrogens (tertiary/aromatic N) is 3. The molecule has 3 fully saturated rings. The Bertz CT molecular complexity index is 973. The van der Waals surface area contributed by atoms with Crippen molar-refractivity contribution >= 4 is 33.6 Å². The van der Waals surface area contributed by atoms with Crippen molar-refractivity contribution in [1.29, 1.82) is 0 Å². The van der Waals surface area contributed by atoms with Crippen LogP contribution in [-0.2, 0) is 30.8 Å². The van der Waals surface area contributed by atoms with Crippen LogP contribution in [0.25, 0.3) is 0 Å². The van der Waals surface area contributed by atoms with Crippen LogP contribution in [0.4, 0.5) is 4.79 Å². The lowest BCUT2D eigenvalue weighted by molar-refractivity contribution is -0.145. The van der Waals surface area contributed by atoms with E-state index in [2.05, 4.69) is 0 Å². The molecule has 154 valence electrons. The van der Waals surface area contributed by atoms with Gasteiger partial charge >= 0.3 is 17.8 Å². The summed E-state index contributed by atoms with van der Waals surface area (Å²) >= 11 is 0. The maximum atomic E-state index is 12.9. The second-order valence-electron chi connectivity index (χ2n) is 7.64. The van der Waals surface area contributed by atoms with Gasteiger partial charge in [0.2, 0.25) is 5.91 Å². The van der Waals surface area contributed by atoms with Crippen LogP contribution in [-0.4, -0.2) is 77.0 Å². The van der Waals surface area contributed by atoms with Crippen LogP contribution < -0.4 is 0 Å². The highest BCUT2D eigenvalue weighted by molar-refractivity contribution is 7.91. The van der Waals surface area contributed by atoms with Gasteiger partial charge in [0.1, 0.15) is 6.54 Å². The third-order valence-corrected chi connectivity index (χ3v) is 7.19. The Kier molecular flexibility index (Phi) is 4.89. The van der Waals surface area contributed by atoms with Gasteiger partial charge in [-0.15, -0.1) is 0 Å². The van der Waals surface area contributed by atoms with Crippen LogP contribution in [0.1, 0.15) is 24.8 Å². The molecule has 3 aliphatic rings. The van der Waals surface area contributed by atoms with E-state index in [0.717, 1.165) is 17.7 Å².